The van der Waals surface area contributed by atoms with Gasteiger partial charge in [0.1, 0.15) is 23.0 Å². The second kappa shape index (κ2) is 19.0. The molecule has 0 radical (unpaired) electrons. The summed E-state index contributed by atoms with van der Waals surface area (Å²) in [5, 5.41) is 32.7. The fourth-order valence-electron chi connectivity index (χ4n) is 7.44. The molecule has 0 saturated carbocycles. The number of rotatable bonds is 13. The number of ether oxygens (including phenoxy) is 2. The molecule has 11 nitrogen and oxygen atoms in total. The first kappa shape index (κ1) is 44.1. The number of aromatic nitrogens is 4. The molecule has 63 heavy (non-hydrogen) atoms. The maximum atomic E-state index is 13.7. The first-order valence-electron chi connectivity index (χ1n) is 20.5. The zero-order chi connectivity index (χ0) is 43.4. The maximum absolute atomic E-state index is 13.7. The molecule has 12 heteroatoms. The largest absolute Gasteiger partial charge is 0.507 e. The Morgan fingerprint density at radius 2 is 1.19 bits per heavy atom. The number of phenolic OH excluding ortho intramolecular Hbond substituents is 2. The molecule has 0 fully saturated rings. The van der Waals surface area contributed by atoms with Gasteiger partial charge in [0.05, 0.1) is 28.2 Å². The van der Waals surface area contributed by atoms with Gasteiger partial charge in [-0.3, -0.25) is 9.59 Å². The second-order valence-corrected chi connectivity index (χ2v) is 15.6. The Balaban J connectivity index is 0.00000595. The third kappa shape index (κ3) is 9.74. The van der Waals surface area contributed by atoms with E-state index in [-0.39, 0.29) is 56.4 Å². The molecule has 1 atom stereocenters. The second-order valence-electron chi connectivity index (χ2n) is 15.6. The average Bonchev–Trinajstić information content (AvgIpc) is 3.78. The van der Waals surface area contributed by atoms with E-state index in [9.17, 15) is 19.8 Å². The van der Waals surface area contributed by atoms with Crippen LogP contribution in [0.3, 0.4) is 0 Å². The molecule has 0 spiro atoms. The van der Waals surface area contributed by atoms with Crippen molar-refractivity contribution in [3.63, 3.8) is 0 Å². The van der Waals surface area contributed by atoms with Crippen LogP contribution in [0, 0.1) is 5.41 Å². The Kier molecular flexibility index (Phi) is 13.3. The average molecular weight is 1020 g/mol. The molecule has 0 amide bonds. The van der Waals surface area contributed by atoms with Crippen molar-refractivity contribution in [2.24, 2.45) is 5.41 Å². The van der Waals surface area contributed by atoms with Crippen LogP contribution in [-0.2, 0) is 30.7 Å². The Morgan fingerprint density at radius 3 is 1.79 bits per heavy atom. The number of phenols is 2. The van der Waals surface area contributed by atoms with Crippen LogP contribution in [0.15, 0.2) is 144 Å². The van der Waals surface area contributed by atoms with Gasteiger partial charge >= 0.3 is 11.9 Å². The van der Waals surface area contributed by atoms with Crippen molar-refractivity contribution in [2.45, 2.75) is 52.9 Å². The third-order valence-corrected chi connectivity index (χ3v) is 10.9. The number of hydrogen-bond donors (Lipinski definition) is 2. The molecule has 0 saturated heterocycles. The molecule has 1 unspecified atom stereocenters. The molecule has 0 bridgehead atoms. The van der Waals surface area contributed by atoms with E-state index in [0.29, 0.717) is 52.1 Å². The van der Waals surface area contributed by atoms with Crippen LogP contribution in [0.1, 0.15) is 58.4 Å². The van der Waals surface area contributed by atoms with E-state index in [1.165, 1.54) is 12.1 Å². The van der Waals surface area contributed by atoms with Crippen molar-refractivity contribution in [3.8, 4) is 79.8 Å². The van der Waals surface area contributed by atoms with Gasteiger partial charge in [0.25, 0.3) is 0 Å². The normalized spacial score (nSPS) is 11.7. The number of aromatic hydroxyl groups is 2. The number of esters is 2. The van der Waals surface area contributed by atoms with Gasteiger partial charge in [-0.2, -0.15) is 0 Å². The Hall–Kier alpha value is -6.97. The van der Waals surface area contributed by atoms with Crippen molar-refractivity contribution in [3.05, 3.63) is 145 Å². The smallest absolute Gasteiger partial charge is 0.316 e. The molecule has 2 N–H and O–H groups in total. The van der Waals surface area contributed by atoms with Gasteiger partial charge in [-0.05, 0) is 116 Å². The molecule has 3 heterocycles. The predicted octanol–water partition coefficient (Wildman–Crippen LogP) is 11.6. The zero-order valence-electron chi connectivity index (χ0n) is 35.0. The van der Waals surface area contributed by atoms with Crippen LogP contribution in [0.25, 0.3) is 67.6 Å². The molecule has 5 aromatic carbocycles. The number of carbonyl (C=O) groups excluding carboxylic acids is 2. The van der Waals surface area contributed by atoms with Crippen LogP contribution >= 0.6 is 0 Å². The van der Waals surface area contributed by atoms with Crippen molar-refractivity contribution in [2.75, 3.05) is 0 Å². The van der Waals surface area contributed by atoms with E-state index >= 15 is 0 Å². The monoisotopic (exact) mass is 1020 g/mol. The van der Waals surface area contributed by atoms with Gasteiger partial charge in [-0.1, -0.05) is 74.5 Å². The first-order valence-corrected chi connectivity index (χ1v) is 20.5. The maximum Gasteiger partial charge on any atom is 0.316 e. The van der Waals surface area contributed by atoms with Gasteiger partial charge in [-0.25, -0.2) is 9.97 Å². The van der Waals surface area contributed by atoms with Crippen molar-refractivity contribution >= 4 is 22.7 Å². The van der Waals surface area contributed by atoms with Crippen LogP contribution in [0.2, 0.25) is 0 Å². The van der Waals surface area contributed by atoms with Gasteiger partial charge in [-0.15, -0.1) is 10.2 Å². The fourth-order valence-corrected chi connectivity index (χ4v) is 7.44. The van der Waals surface area contributed by atoms with E-state index in [0.717, 1.165) is 33.9 Å². The first-order chi connectivity index (χ1) is 30.0. The Bertz CT molecular complexity index is 2920. The van der Waals surface area contributed by atoms with Crippen LogP contribution in [-0.4, -0.2) is 42.3 Å². The molecule has 3 aromatic heterocycles. The number of fused-ring (bicyclic) bond motifs is 1. The van der Waals surface area contributed by atoms with Crippen molar-refractivity contribution < 1.29 is 54.8 Å². The standard InChI is InChI=1S/C51H44N4O7.Pt/c1-5-31(32-20-22-34(23-21-32)48-54-55-49(62-48)38-15-9-13-33-12-7-8-14-37(33)38)30-51(3,4)50(59)61-36-25-27-40(46(57)29-36)42-17-11-19-44(53-42)43-18-10-16-41(52-43)39-26-24-35(28-45(39)56)60-47(58)6-2;/h7-29,31,56-57H,5-6,30H2,1-4H3;. The van der Waals surface area contributed by atoms with Crippen molar-refractivity contribution in [1.82, 2.24) is 20.2 Å². The molecular weight excluding hydrogens is 976 g/mol. The van der Waals surface area contributed by atoms with Crippen LogP contribution < -0.4 is 9.47 Å². The van der Waals surface area contributed by atoms with E-state index in [2.05, 4.69) is 29.3 Å². The summed E-state index contributed by atoms with van der Waals surface area (Å²) in [6.45, 7) is 7.53. The molecule has 0 aliphatic rings. The minimum atomic E-state index is -0.856. The van der Waals surface area contributed by atoms with Gasteiger partial charge in [0.2, 0.25) is 11.8 Å². The van der Waals surface area contributed by atoms with Crippen LogP contribution in [0.4, 0.5) is 0 Å². The summed E-state index contributed by atoms with van der Waals surface area (Å²) >= 11 is 0. The third-order valence-electron chi connectivity index (χ3n) is 10.9. The molecule has 8 rings (SSSR count). The fraction of sp³-hybridized carbons (Fsp3) is 0.176. The summed E-state index contributed by atoms with van der Waals surface area (Å²) < 4.78 is 17.2. The number of carbonyl (C=O) groups is 2. The number of hydrogen-bond acceptors (Lipinski definition) is 11. The van der Waals surface area contributed by atoms with Gasteiger partial charge in [0.15, 0.2) is 0 Å². The van der Waals surface area contributed by atoms with E-state index in [4.69, 9.17) is 23.9 Å². The van der Waals surface area contributed by atoms with E-state index in [1.807, 2.05) is 74.5 Å². The van der Waals surface area contributed by atoms with Crippen LogP contribution in [0.5, 0.6) is 23.0 Å². The van der Waals surface area contributed by atoms with Crippen molar-refractivity contribution in [1.29, 1.82) is 0 Å². The molecule has 8 aromatic rings. The summed E-state index contributed by atoms with van der Waals surface area (Å²) in [4.78, 5) is 34.9. The molecule has 0 aliphatic heterocycles. The minimum Gasteiger partial charge on any atom is -0.507 e. The quantitative estimate of drug-likeness (QED) is 0.0836. The zero-order valence-corrected chi connectivity index (χ0v) is 37.3. The summed E-state index contributed by atoms with van der Waals surface area (Å²) in [5.74, 6) is 0.390. The number of benzene rings is 5. The predicted molar refractivity (Wildman–Crippen MR) is 237 cm³/mol. The number of pyridine rings is 2. The SMILES string of the molecule is CCC(=O)Oc1ccc(-c2cccc(-c3cccc(-c4ccc(OC(=O)C(C)(C)CC(CC)c5ccc(-c6nnc(-c7cccc8ccccc78)o6)cc5)cc4O)n3)n2)c(O)c1.[Pt]. The van der Waals surface area contributed by atoms with Gasteiger partial charge in [0, 0.05) is 61.9 Å². The molecular formula is C51H44N4O7Pt. The Morgan fingerprint density at radius 1 is 0.635 bits per heavy atom. The minimum absolute atomic E-state index is 0. The number of nitrogens with zero attached hydrogens (tertiary/aromatic N) is 4. The summed E-state index contributed by atoms with van der Waals surface area (Å²) in [6, 6.07) is 42.2. The molecule has 0 aliphatic carbocycles. The summed E-state index contributed by atoms with van der Waals surface area (Å²) in [6.07, 6.45) is 1.55. The Labute approximate surface area is 379 Å². The van der Waals surface area contributed by atoms with Gasteiger partial charge < -0.3 is 24.1 Å². The summed E-state index contributed by atoms with van der Waals surface area (Å²) in [7, 11) is 0. The molecule has 320 valence electrons. The summed E-state index contributed by atoms with van der Waals surface area (Å²) in [5.41, 5.74) is 4.85. The topological polar surface area (TPSA) is 158 Å². The van der Waals surface area contributed by atoms with E-state index < -0.39 is 17.4 Å². The van der Waals surface area contributed by atoms with E-state index in [1.54, 1.807) is 61.5 Å².